The lowest BCUT2D eigenvalue weighted by Crippen LogP contribution is -2.40. The van der Waals surface area contributed by atoms with Crippen LogP contribution in [0.5, 0.6) is 0 Å². The fraction of sp³-hybridized carbons (Fsp3) is 0.333. The SMILES string of the molecule is O=C(c1c[nH]c(=O)[nH]1)N1CCC[C@H](c2nc(-c3cccs3)cc(C(F)(F)F)n2)C1. The van der Waals surface area contributed by atoms with E-state index in [9.17, 15) is 22.8 Å². The molecular weight excluding hydrogens is 407 g/mol. The van der Waals surface area contributed by atoms with Gasteiger partial charge in [-0.1, -0.05) is 6.07 Å². The summed E-state index contributed by atoms with van der Waals surface area (Å²) in [6.45, 7) is 0.622. The third-order valence-corrected chi connectivity index (χ3v) is 5.60. The first kappa shape index (κ1) is 19.4. The molecule has 0 unspecified atom stereocenters. The van der Waals surface area contributed by atoms with Gasteiger partial charge in [0.25, 0.3) is 5.91 Å². The lowest BCUT2D eigenvalue weighted by Gasteiger charge is -2.32. The maximum absolute atomic E-state index is 13.4. The fourth-order valence-corrected chi connectivity index (χ4v) is 4.02. The van der Waals surface area contributed by atoms with Crippen LogP contribution in [0.2, 0.25) is 0 Å². The summed E-state index contributed by atoms with van der Waals surface area (Å²) in [7, 11) is 0. The van der Waals surface area contributed by atoms with E-state index in [4.69, 9.17) is 0 Å². The van der Waals surface area contributed by atoms with Gasteiger partial charge in [-0.2, -0.15) is 13.2 Å². The summed E-state index contributed by atoms with van der Waals surface area (Å²) >= 11 is 1.30. The highest BCUT2D eigenvalue weighted by Gasteiger charge is 2.36. The molecule has 1 amide bonds. The van der Waals surface area contributed by atoms with Crippen molar-refractivity contribution in [2.45, 2.75) is 24.9 Å². The third kappa shape index (κ3) is 4.09. The Morgan fingerprint density at radius 1 is 1.31 bits per heavy atom. The van der Waals surface area contributed by atoms with Crippen molar-refractivity contribution in [3.63, 3.8) is 0 Å². The van der Waals surface area contributed by atoms with Crippen molar-refractivity contribution >= 4 is 17.2 Å². The number of aromatic amines is 2. The topological polar surface area (TPSA) is 94.7 Å². The van der Waals surface area contributed by atoms with Gasteiger partial charge in [-0.15, -0.1) is 11.3 Å². The monoisotopic (exact) mass is 423 g/mol. The van der Waals surface area contributed by atoms with E-state index in [2.05, 4.69) is 19.9 Å². The van der Waals surface area contributed by atoms with Gasteiger partial charge in [0.05, 0.1) is 10.6 Å². The minimum atomic E-state index is -4.60. The Labute approximate surface area is 166 Å². The van der Waals surface area contributed by atoms with Crippen LogP contribution in [0.1, 0.15) is 40.8 Å². The molecule has 1 aliphatic rings. The van der Waals surface area contributed by atoms with Crippen molar-refractivity contribution in [2.75, 3.05) is 13.1 Å². The Hall–Kier alpha value is -2.95. The summed E-state index contributed by atoms with van der Waals surface area (Å²) in [5.41, 5.74) is -1.16. The predicted molar refractivity (Wildman–Crippen MR) is 99.6 cm³/mol. The van der Waals surface area contributed by atoms with Crippen molar-refractivity contribution in [1.82, 2.24) is 24.8 Å². The van der Waals surface area contributed by atoms with Gasteiger partial charge in [0.15, 0.2) is 0 Å². The molecule has 29 heavy (non-hydrogen) atoms. The zero-order valence-electron chi connectivity index (χ0n) is 15.0. The number of halogens is 3. The molecular formula is C18H16F3N5O2S. The molecule has 7 nitrogen and oxygen atoms in total. The van der Waals surface area contributed by atoms with Crippen LogP contribution in [0.25, 0.3) is 10.6 Å². The molecule has 1 fully saturated rings. The van der Waals surface area contributed by atoms with Crippen LogP contribution in [0.4, 0.5) is 13.2 Å². The maximum atomic E-state index is 13.4. The number of thiophene rings is 1. The Morgan fingerprint density at radius 2 is 2.14 bits per heavy atom. The Bertz CT molecular complexity index is 1070. The molecule has 4 rings (SSSR count). The highest BCUT2D eigenvalue weighted by molar-refractivity contribution is 7.13. The minimum absolute atomic E-state index is 0.0725. The molecule has 0 aliphatic carbocycles. The van der Waals surface area contributed by atoms with E-state index in [1.807, 2.05) is 0 Å². The van der Waals surface area contributed by atoms with Gasteiger partial charge in [0.2, 0.25) is 0 Å². The lowest BCUT2D eigenvalue weighted by molar-refractivity contribution is -0.141. The van der Waals surface area contributed by atoms with Crippen LogP contribution >= 0.6 is 11.3 Å². The average Bonchev–Trinajstić information content (AvgIpc) is 3.38. The highest BCUT2D eigenvalue weighted by Crippen LogP contribution is 2.34. The van der Waals surface area contributed by atoms with Crippen LogP contribution in [0, 0.1) is 0 Å². The molecule has 0 bridgehead atoms. The van der Waals surface area contributed by atoms with Gasteiger partial charge in [0, 0.05) is 25.2 Å². The molecule has 2 N–H and O–H groups in total. The molecule has 4 heterocycles. The number of nitrogens with one attached hydrogen (secondary N) is 2. The van der Waals surface area contributed by atoms with Crippen molar-refractivity contribution in [3.05, 3.63) is 57.5 Å². The van der Waals surface area contributed by atoms with Gasteiger partial charge in [-0.05, 0) is 30.4 Å². The number of nitrogens with zero attached hydrogens (tertiary/aromatic N) is 3. The molecule has 0 spiro atoms. The van der Waals surface area contributed by atoms with Crippen LogP contribution in [0.15, 0.2) is 34.6 Å². The zero-order chi connectivity index (χ0) is 20.6. The quantitative estimate of drug-likeness (QED) is 0.676. The molecule has 1 aliphatic heterocycles. The summed E-state index contributed by atoms with van der Waals surface area (Å²) in [5, 5.41) is 1.77. The third-order valence-electron chi connectivity index (χ3n) is 4.71. The number of amides is 1. The summed E-state index contributed by atoms with van der Waals surface area (Å²) < 4.78 is 40.2. The number of carbonyl (C=O) groups is 1. The first-order valence-electron chi connectivity index (χ1n) is 8.88. The van der Waals surface area contributed by atoms with E-state index < -0.39 is 29.4 Å². The van der Waals surface area contributed by atoms with Gasteiger partial charge in [-0.3, -0.25) is 4.79 Å². The van der Waals surface area contributed by atoms with Crippen molar-refractivity contribution < 1.29 is 18.0 Å². The van der Waals surface area contributed by atoms with E-state index in [0.717, 1.165) is 6.07 Å². The van der Waals surface area contributed by atoms with E-state index in [1.165, 1.54) is 22.4 Å². The number of likely N-dealkylation sites (tertiary alicyclic amines) is 1. The molecule has 0 saturated carbocycles. The number of carbonyl (C=O) groups excluding carboxylic acids is 1. The molecule has 0 radical (unpaired) electrons. The van der Waals surface area contributed by atoms with Gasteiger partial charge in [0.1, 0.15) is 17.2 Å². The number of hydrogen-bond donors (Lipinski definition) is 2. The Balaban J connectivity index is 1.65. The maximum Gasteiger partial charge on any atom is 0.433 e. The zero-order valence-corrected chi connectivity index (χ0v) is 15.8. The summed E-state index contributed by atoms with van der Waals surface area (Å²) in [4.78, 5) is 38.9. The first-order valence-corrected chi connectivity index (χ1v) is 9.76. The molecule has 1 atom stereocenters. The number of rotatable bonds is 3. The van der Waals surface area contributed by atoms with E-state index in [1.54, 1.807) is 17.5 Å². The number of imidazole rings is 1. The van der Waals surface area contributed by atoms with Crippen LogP contribution in [-0.4, -0.2) is 43.8 Å². The van der Waals surface area contributed by atoms with Crippen molar-refractivity contribution in [2.24, 2.45) is 0 Å². The average molecular weight is 423 g/mol. The molecule has 152 valence electrons. The number of H-pyrrole nitrogens is 2. The molecule has 11 heteroatoms. The Morgan fingerprint density at radius 3 is 2.79 bits per heavy atom. The fourth-order valence-electron chi connectivity index (χ4n) is 3.33. The molecule has 0 aromatic carbocycles. The van der Waals surface area contributed by atoms with Crippen molar-refractivity contribution in [3.8, 4) is 10.6 Å². The molecule has 3 aromatic rings. The first-order chi connectivity index (χ1) is 13.8. The van der Waals surface area contributed by atoms with E-state index >= 15 is 0 Å². The normalized spacial score (nSPS) is 17.5. The number of alkyl halides is 3. The minimum Gasteiger partial charge on any atom is -0.337 e. The number of piperidine rings is 1. The molecule has 1 saturated heterocycles. The van der Waals surface area contributed by atoms with Crippen molar-refractivity contribution in [1.29, 1.82) is 0 Å². The van der Waals surface area contributed by atoms with Crippen LogP contribution < -0.4 is 5.69 Å². The molecule has 3 aromatic heterocycles. The summed E-state index contributed by atoms with van der Waals surface area (Å²) in [5.74, 6) is -0.749. The van der Waals surface area contributed by atoms with Crippen LogP contribution in [0.3, 0.4) is 0 Å². The van der Waals surface area contributed by atoms with Crippen LogP contribution in [-0.2, 0) is 6.18 Å². The van der Waals surface area contributed by atoms with Gasteiger partial charge >= 0.3 is 11.9 Å². The standard InChI is InChI=1S/C18H16F3N5O2S/c19-18(20,21)14-7-11(13-4-2-6-29-13)23-15(25-14)10-3-1-5-26(9-10)16(27)12-8-22-17(28)24-12/h2,4,6-8,10H,1,3,5,9H2,(H2,22,24,28)/t10-/m0/s1. The van der Waals surface area contributed by atoms with E-state index in [-0.39, 0.29) is 23.8 Å². The number of aromatic nitrogens is 4. The smallest absolute Gasteiger partial charge is 0.337 e. The Kier molecular flexibility index (Phi) is 4.99. The van der Waals surface area contributed by atoms with Gasteiger partial charge in [-0.25, -0.2) is 14.8 Å². The summed E-state index contributed by atoms with van der Waals surface area (Å²) in [6.07, 6.45) is -2.15. The largest absolute Gasteiger partial charge is 0.433 e. The highest BCUT2D eigenvalue weighted by atomic mass is 32.1. The number of hydrogen-bond acceptors (Lipinski definition) is 5. The second kappa shape index (κ2) is 7.47. The predicted octanol–water partition coefficient (Wildman–Crippen LogP) is 3.26. The summed E-state index contributed by atoms with van der Waals surface area (Å²) in [6, 6.07) is 4.40. The second-order valence-corrected chi connectivity index (χ2v) is 7.67. The van der Waals surface area contributed by atoms with Gasteiger partial charge < -0.3 is 14.9 Å². The lowest BCUT2D eigenvalue weighted by atomic mass is 9.96. The van der Waals surface area contributed by atoms with E-state index in [0.29, 0.717) is 24.3 Å². The second-order valence-electron chi connectivity index (χ2n) is 6.72.